The molecule has 0 aliphatic carbocycles. The Kier molecular flexibility index (Phi) is 7.67. The Morgan fingerprint density at radius 3 is 2.38 bits per heavy atom. The molecule has 2 rings (SSSR count). The van der Waals surface area contributed by atoms with Crippen LogP contribution in [0.4, 0.5) is 17.1 Å². The van der Waals surface area contributed by atoms with Crippen molar-refractivity contribution in [1.82, 2.24) is 0 Å². The topological polar surface area (TPSA) is 115 Å². The number of carbonyl (C=O) groups is 2. The molecule has 2 atom stereocenters. The average Bonchev–Trinajstić information content (AvgIpc) is 2.72. The minimum atomic E-state index is -0.582. The Balaban J connectivity index is 1.99. The maximum Gasteiger partial charge on any atom is 0.292 e. The quantitative estimate of drug-likeness (QED) is 0.435. The number of nitro benzene ring substituents is 1. The fourth-order valence-electron chi connectivity index (χ4n) is 2.83. The molecule has 154 valence electrons. The zero-order chi connectivity index (χ0) is 21.4. The van der Waals surface area contributed by atoms with E-state index in [1.165, 1.54) is 18.2 Å². The van der Waals surface area contributed by atoms with E-state index in [4.69, 9.17) is 4.74 Å². The first-order valence-corrected chi connectivity index (χ1v) is 9.18. The molecule has 0 aliphatic rings. The normalized spacial score (nSPS) is 12.5. The van der Waals surface area contributed by atoms with Crippen molar-refractivity contribution in [2.75, 3.05) is 30.8 Å². The molecule has 0 saturated heterocycles. The fourth-order valence-corrected chi connectivity index (χ4v) is 2.83. The van der Waals surface area contributed by atoms with Gasteiger partial charge < -0.3 is 20.3 Å². The van der Waals surface area contributed by atoms with Gasteiger partial charge in [0.2, 0.25) is 0 Å². The number of nitrogens with one attached hydrogen (secondary N) is 3. The van der Waals surface area contributed by atoms with Gasteiger partial charge in [-0.05, 0) is 44.2 Å². The highest BCUT2D eigenvalue weighted by Gasteiger charge is 2.27. The van der Waals surface area contributed by atoms with Crippen molar-refractivity contribution < 1.29 is 24.1 Å². The SMILES string of the molecule is CC[NH+](CC(=O)Nc1ccc(OC)cc1)[C@H](C)C(=O)Nc1ccccc1[N+](=O)[O-]. The summed E-state index contributed by atoms with van der Waals surface area (Å²) in [6, 6.07) is 12.3. The molecule has 0 aromatic heterocycles. The number of nitrogens with zero attached hydrogens (tertiary/aromatic N) is 1. The molecule has 0 radical (unpaired) electrons. The Morgan fingerprint density at radius 1 is 1.14 bits per heavy atom. The second-order valence-electron chi connectivity index (χ2n) is 6.45. The van der Waals surface area contributed by atoms with E-state index in [9.17, 15) is 19.7 Å². The third kappa shape index (κ3) is 6.01. The van der Waals surface area contributed by atoms with E-state index in [2.05, 4.69) is 10.6 Å². The smallest absolute Gasteiger partial charge is 0.292 e. The molecule has 2 aromatic rings. The molecule has 29 heavy (non-hydrogen) atoms. The lowest BCUT2D eigenvalue weighted by molar-refractivity contribution is -0.904. The minimum Gasteiger partial charge on any atom is -0.497 e. The number of anilines is 2. The number of methoxy groups -OCH3 is 1. The number of rotatable bonds is 9. The third-order valence-electron chi connectivity index (χ3n) is 4.58. The zero-order valence-electron chi connectivity index (χ0n) is 16.6. The summed E-state index contributed by atoms with van der Waals surface area (Å²) in [5, 5.41) is 16.5. The molecule has 1 unspecified atom stereocenters. The Labute approximate surface area is 168 Å². The van der Waals surface area contributed by atoms with Gasteiger partial charge in [-0.3, -0.25) is 19.7 Å². The van der Waals surface area contributed by atoms with Gasteiger partial charge in [-0.2, -0.15) is 0 Å². The highest BCUT2D eigenvalue weighted by atomic mass is 16.6. The summed E-state index contributed by atoms with van der Waals surface area (Å²) in [5.74, 6) is 0.0508. The number of carbonyl (C=O) groups excluding carboxylic acids is 2. The van der Waals surface area contributed by atoms with Gasteiger partial charge in [-0.1, -0.05) is 12.1 Å². The molecule has 0 heterocycles. The molecule has 3 N–H and O–H groups in total. The number of benzene rings is 2. The number of hydrogen-bond donors (Lipinski definition) is 3. The van der Waals surface area contributed by atoms with Crippen LogP contribution in [-0.2, 0) is 9.59 Å². The zero-order valence-corrected chi connectivity index (χ0v) is 16.6. The van der Waals surface area contributed by atoms with Crippen LogP contribution in [-0.4, -0.2) is 43.0 Å². The van der Waals surface area contributed by atoms with Crippen molar-refractivity contribution in [3.63, 3.8) is 0 Å². The Morgan fingerprint density at radius 2 is 1.79 bits per heavy atom. The second kappa shape index (κ2) is 10.2. The minimum absolute atomic E-state index is 0.0774. The Bertz CT molecular complexity index is 869. The van der Waals surface area contributed by atoms with E-state index in [1.54, 1.807) is 44.4 Å². The van der Waals surface area contributed by atoms with Gasteiger partial charge in [0, 0.05) is 11.8 Å². The van der Waals surface area contributed by atoms with E-state index < -0.39 is 16.9 Å². The van der Waals surface area contributed by atoms with Crippen molar-refractivity contribution in [2.45, 2.75) is 19.9 Å². The summed E-state index contributed by atoms with van der Waals surface area (Å²) in [5.41, 5.74) is 0.583. The van der Waals surface area contributed by atoms with Crippen LogP contribution in [0.1, 0.15) is 13.8 Å². The number of hydrogen-bond acceptors (Lipinski definition) is 5. The van der Waals surface area contributed by atoms with E-state index in [1.807, 2.05) is 6.92 Å². The fraction of sp³-hybridized carbons (Fsp3) is 0.300. The van der Waals surface area contributed by atoms with Crippen molar-refractivity contribution in [1.29, 1.82) is 0 Å². The summed E-state index contributed by atoms with van der Waals surface area (Å²) < 4.78 is 5.08. The summed E-state index contributed by atoms with van der Waals surface area (Å²) in [6.45, 7) is 4.16. The molecule has 9 nitrogen and oxygen atoms in total. The van der Waals surface area contributed by atoms with Gasteiger partial charge in [0.1, 0.15) is 11.4 Å². The monoisotopic (exact) mass is 401 g/mol. The summed E-state index contributed by atoms with van der Waals surface area (Å²) in [4.78, 5) is 36.3. The van der Waals surface area contributed by atoms with Gasteiger partial charge in [-0.15, -0.1) is 0 Å². The number of quaternary nitrogens is 1. The lowest BCUT2D eigenvalue weighted by Gasteiger charge is -2.23. The van der Waals surface area contributed by atoms with Gasteiger partial charge >= 0.3 is 0 Å². The first kappa shape index (κ1) is 21.8. The molecule has 2 aromatic carbocycles. The first-order valence-electron chi connectivity index (χ1n) is 9.18. The predicted molar refractivity (Wildman–Crippen MR) is 109 cm³/mol. The predicted octanol–water partition coefficient (Wildman–Crippen LogP) is 1.47. The average molecular weight is 401 g/mol. The van der Waals surface area contributed by atoms with Gasteiger partial charge in [0.15, 0.2) is 12.6 Å². The molecule has 2 amide bonds. The molecule has 0 bridgehead atoms. The van der Waals surface area contributed by atoms with Crippen LogP contribution in [0, 0.1) is 10.1 Å². The Hall–Kier alpha value is -3.46. The number of para-hydroxylation sites is 2. The van der Waals surface area contributed by atoms with Crippen LogP contribution in [0.2, 0.25) is 0 Å². The first-order chi connectivity index (χ1) is 13.8. The highest BCUT2D eigenvalue weighted by molar-refractivity contribution is 5.96. The van der Waals surface area contributed by atoms with E-state index >= 15 is 0 Å². The third-order valence-corrected chi connectivity index (χ3v) is 4.58. The van der Waals surface area contributed by atoms with Crippen molar-refractivity contribution in [2.24, 2.45) is 0 Å². The van der Waals surface area contributed by atoms with Gasteiger partial charge in [0.05, 0.1) is 18.6 Å². The van der Waals surface area contributed by atoms with Crippen molar-refractivity contribution >= 4 is 28.9 Å². The van der Waals surface area contributed by atoms with Crippen LogP contribution < -0.4 is 20.3 Å². The summed E-state index contributed by atoms with van der Waals surface area (Å²) in [7, 11) is 1.56. The standard InChI is InChI=1S/C20H24N4O5/c1-4-23(13-19(25)21-15-9-11-16(29-3)12-10-15)14(2)20(26)22-17-7-5-6-8-18(17)24(27)28/h5-12,14H,4,13H2,1-3H3,(H,21,25)(H,22,26)/p+1/t14-/m1/s1. The number of ether oxygens (including phenoxy) is 1. The summed E-state index contributed by atoms with van der Waals surface area (Å²) >= 11 is 0. The maximum atomic E-state index is 12.6. The van der Waals surface area contributed by atoms with Crippen molar-refractivity contribution in [3.05, 3.63) is 58.6 Å². The van der Waals surface area contributed by atoms with E-state index in [-0.39, 0.29) is 23.8 Å². The largest absolute Gasteiger partial charge is 0.497 e. The lowest BCUT2D eigenvalue weighted by Crippen LogP contribution is -3.17. The van der Waals surface area contributed by atoms with Crippen LogP contribution in [0.5, 0.6) is 5.75 Å². The van der Waals surface area contributed by atoms with Gasteiger partial charge in [-0.25, -0.2) is 0 Å². The lowest BCUT2D eigenvalue weighted by atomic mass is 10.2. The molecular weight excluding hydrogens is 376 g/mol. The molecule has 0 aliphatic heterocycles. The van der Waals surface area contributed by atoms with Crippen LogP contribution in [0.15, 0.2) is 48.5 Å². The summed E-state index contributed by atoms with van der Waals surface area (Å²) in [6.07, 6.45) is 0. The number of likely N-dealkylation sites (N-methyl/N-ethyl adjacent to an activating group) is 1. The highest BCUT2D eigenvalue weighted by Crippen LogP contribution is 2.23. The van der Waals surface area contributed by atoms with Crippen molar-refractivity contribution in [3.8, 4) is 5.75 Å². The van der Waals surface area contributed by atoms with Crippen LogP contribution >= 0.6 is 0 Å². The van der Waals surface area contributed by atoms with Gasteiger partial charge in [0.25, 0.3) is 17.5 Å². The van der Waals surface area contributed by atoms with E-state index in [0.29, 0.717) is 18.0 Å². The molecule has 0 saturated carbocycles. The molecular formula is C20H25N4O5+. The number of amides is 2. The van der Waals surface area contributed by atoms with Crippen LogP contribution in [0.25, 0.3) is 0 Å². The molecule has 0 spiro atoms. The maximum absolute atomic E-state index is 12.6. The number of nitro groups is 1. The van der Waals surface area contributed by atoms with Crippen LogP contribution in [0.3, 0.4) is 0 Å². The second-order valence-corrected chi connectivity index (χ2v) is 6.45. The van der Waals surface area contributed by atoms with E-state index in [0.717, 1.165) is 4.90 Å². The molecule has 0 fully saturated rings. The molecule has 9 heteroatoms.